The lowest BCUT2D eigenvalue weighted by atomic mass is 10.1. The Morgan fingerprint density at radius 2 is 1.97 bits per heavy atom. The summed E-state index contributed by atoms with van der Waals surface area (Å²) in [5.41, 5.74) is 3.38. The van der Waals surface area contributed by atoms with Crippen molar-refractivity contribution in [2.24, 2.45) is 7.05 Å². The Bertz CT molecular complexity index is 1290. The van der Waals surface area contributed by atoms with Crippen molar-refractivity contribution in [1.29, 1.82) is 0 Å². The minimum atomic E-state index is -0.0629. The van der Waals surface area contributed by atoms with Crippen LogP contribution in [0.25, 0.3) is 21.3 Å². The van der Waals surface area contributed by atoms with Crippen molar-refractivity contribution in [3.8, 4) is 16.9 Å². The Balaban J connectivity index is 1.70. The second-order valence-electron chi connectivity index (χ2n) is 6.83. The number of nitrogens with zero attached hydrogens (tertiary/aromatic N) is 2. The number of thioether (sulfide) groups is 1. The summed E-state index contributed by atoms with van der Waals surface area (Å²) in [4.78, 5) is 30.3. The summed E-state index contributed by atoms with van der Waals surface area (Å²) in [5, 5.41) is 3.26. The average molecular weight is 437 g/mol. The number of benzene rings is 2. The zero-order chi connectivity index (χ0) is 21.3. The molecule has 0 unspecified atom stereocenters. The van der Waals surface area contributed by atoms with Gasteiger partial charge in [-0.1, -0.05) is 42.1 Å². The molecule has 2 heterocycles. The van der Waals surface area contributed by atoms with Gasteiger partial charge in [0, 0.05) is 34.9 Å². The smallest absolute Gasteiger partial charge is 0.263 e. The van der Waals surface area contributed by atoms with E-state index in [0.29, 0.717) is 27.6 Å². The third-order valence-electron chi connectivity index (χ3n) is 4.90. The molecule has 30 heavy (non-hydrogen) atoms. The highest BCUT2D eigenvalue weighted by Crippen LogP contribution is 2.33. The summed E-state index contributed by atoms with van der Waals surface area (Å²) >= 11 is 2.93. The van der Waals surface area contributed by atoms with E-state index in [9.17, 15) is 9.59 Å². The average Bonchev–Trinajstić information content (AvgIpc) is 3.19. The Morgan fingerprint density at radius 3 is 2.67 bits per heavy atom. The summed E-state index contributed by atoms with van der Waals surface area (Å²) in [5.74, 6) is 1.25. The van der Waals surface area contributed by atoms with Gasteiger partial charge in [-0.2, -0.15) is 0 Å². The Labute approximate surface area is 182 Å². The van der Waals surface area contributed by atoms with E-state index in [1.807, 2.05) is 41.8 Å². The van der Waals surface area contributed by atoms with Crippen LogP contribution < -0.4 is 10.3 Å². The topological polar surface area (TPSA) is 61.2 Å². The maximum atomic E-state index is 13.1. The fourth-order valence-electron chi connectivity index (χ4n) is 3.27. The first-order chi connectivity index (χ1) is 14.5. The molecule has 0 aliphatic carbocycles. The van der Waals surface area contributed by atoms with Crippen LogP contribution in [-0.4, -0.2) is 22.4 Å². The van der Waals surface area contributed by atoms with Gasteiger partial charge in [0.25, 0.3) is 5.56 Å². The molecule has 7 heteroatoms. The summed E-state index contributed by atoms with van der Waals surface area (Å²) in [7, 11) is 3.35. The molecule has 0 atom stereocenters. The van der Waals surface area contributed by atoms with Gasteiger partial charge in [0.2, 0.25) is 0 Å². The van der Waals surface area contributed by atoms with Gasteiger partial charge >= 0.3 is 0 Å². The summed E-state index contributed by atoms with van der Waals surface area (Å²) < 4.78 is 7.02. The van der Waals surface area contributed by atoms with Gasteiger partial charge in [-0.05, 0) is 30.7 Å². The van der Waals surface area contributed by atoms with Crippen molar-refractivity contribution < 1.29 is 9.53 Å². The Morgan fingerprint density at radius 1 is 1.20 bits per heavy atom. The number of ether oxygens (including phenoxy) is 1. The van der Waals surface area contributed by atoms with E-state index in [1.165, 1.54) is 23.1 Å². The monoisotopic (exact) mass is 436 g/mol. The van der Waals surface area contributed by atoms with Crippen LogP contribution in [-0.2, 0) is 12.8 Å². The maximum absolute atomic E-state index is 13.1. The molecule has 0 aliphatic heterocycles. The molecule has 0 bridgehead atoms. The van der Waals surface area contributed by atoms with Crippen molar-refractivity contribution in [3.63, 3.8) is 0 Å². The number of thiophene rings is 1. The number of fused-ring (bicyclic) bond motifs is 1. The second-order valence-corrected chi connectivity index (χ2v) is 8.63. The molecule has 0 saturated carbocycles. The molecule has 4 rings (SSSR count). The number of rotatable bonds is 6. The number of methoxy groups -OCH3 is 1. The van der Waals surface area contributed by atoms with Crippen LogP contribution in [0.5, 0.6) is 5.75 Å². The number of hydrogen-bond acceptors (Lipinski definition) is 6. The summed E-state index contributed by atoms with van der Waals surface area (Å²) in [6, 6.07) is 15.3. The first kappa shape index (κ1) is 20.4. The zero-order valence-electron chi connectivity index (χ0n) is 16.8. The molecule has 0 fully saturated rings. The van der Waals surface area contributed by atoms with Crippen LogP contribution in [0.15, 0.2) is 63.9 Å². The highest BCUT2D eigenvalue weighted by atomic mass is 32.2. The molecule has 0 saturated heterocycles. The van der Waals surface area contributed by atoms with Crippen LogP contribution in [0.2, 0.25) is 0 Å². The van der Waals surface area contributed by atoms with Crippen LogP contribution in [0.3, 0.4) is 0 Å². The number of carbonyl (C=O) groups excluding carboxylic acids is 1. The lowest BCUT2D eigenvalue weighted by Gasteiger charge is -2.11. The molecule has 2 aromatic heterocycles. The molecule has 5 nitrogen and oxygen atoms in total. The quantitative estimate of drug-likeness (QED) is 0.237. The van der Waals surface area contributed by atoms with Crippen molar-refractivity contribution in [3.05, 3.63) is 75.4 Å². The lowest BCUT2D eigenvalue weighted by Crippen LogP contribution is -2.19. The fourth-order valence-corrected chi connectivity index (χ4v) is 5.20. The number of hydrogen-bond donors (Lipinski definition) is 0. The minimum Gasteiger partial charge on any atom is -0.496 e. The maximum Gasteiger partial charge on any atom is 0.263 e. The summed E-state index contributed by atoms with van der Waals surface area (Å²) in [6.45, 7) is 1.54. The van der Waals surface area contributed by atoms with Crippen molar-refractivity contribution >= 4 is 39.1 Å². The molecule has 0 N–H and O–H groups in total. The van der Waals surface area contributed by atoms with E-state index in [2.05, 4.69) is 0 Å². The molecular weight excluding hydrogens is 416 g/mol. The first-order valence-corrected chi connectivity index (χ1v) is 11.2. The zero-order valence-corrected chi connectivity index (χ0v) is 18.5. The molecule has 4 aromatic rings. The van der Waals surface area contributed by atoms with Gasteiger partial charge in [0.1, 0.15) is 10.6 Å². The fraction of sp³-hybridized carbons (Fsp3) is 0.174. The molecule has 152 valence electrons. The number of aromatic nitrogens is 2. The van der Waals surface area contributed by atoms with Gasteiger partial charge in [-0.25, -0.2) is 4.98 Å². The molecule has 2 aromatic carbocycles. The molecule has 0 radical (unpaired) electrons. The van der Waals surface area contributed by atoms with Crippen molar-refractivity contribution in [2.45, 2.75) is 17.8 Å². The SMILES string of the molecule is COc1ccc(C(C)=O)cc1CSc1nc2scc(-c3ccccc3)c2c(=O)n1C. The highest BCUT2D eigenvalue weighted by Gasteiger charge is 2.16. The van der Waals surface area contributed by atoms with E-state index < -0.39 is 0 Å². The first-order valence-electron chi connectivity index (χ1n) is 9.34. The number of ketones is 1. The van der Waals surface area contributed by atoms with Gasteiger partial charge < -0.3 is 4.74 Å². The van der Waals surface area contributed by atoms with Crippen molar-refractivity contribution in [1.82, 2.24) is 9.55 Å². The predicted octanol–water partition coefficient (Wildman–Crippen LogP) is 5.17. The highest BCUT2D eigenvalue weighted by molar-refractivity contribution is 7.98. The van der Waals surface area contributed by atoms with Crippen LogP contribution in [0.1, 0.15) is 22.8 Å². The Kier molecular flexibility index (Phi) is 5.74. The third kappa shape index (κ3) is 3.78. The van der Waals surface area contributed by atoms with Gasteiger partial charge in [-0.3, -0.25) is 14.2 Å². The van der Waals surface area contributed by atoms with Gasteiger partial charge in [0.05, 0.1) is 12.5 Å². The molecule has 0 amide bonds. The Hall–Kier alpha value is -2.90. The van der Waals surface area contributed by atoms with Gasteiger partial charge in [0.15, 0.2) is 10.9 Å². The van der Waals surface area contributed by atoms with E-state index in [4.69, 9.17) is 9.72 Å². The van der Waals surface area contributed by atoms with Gasteiger partial charge in [-0.15, -0.1) is 11.3 Å². The standard InChI is InChI=1S/C23H20N2O3S2/c1-14(26)16-9-10-19(28-3)17(11-16)12-30-23-24-21-20(22(27)25(23)2)18(13-29-21)15-7-5-4-6-8-15/h4-11,13H,12H2,1-3H3. The number of carbonyl (C=O) groups is 1. The number of Topliss-reactive ketones (excluding diaryl/α,β-unsaturated/α-hetero) is 1. The van der Waals surface area contributed by atoms with E-state index in [-0.39, 0.29) is 11.3 Å². The second kappa shape index (κ2) is 8.45. The normalized spacial score (nSPS) is 11.0. The van der Waals surface area contributed by atoms with Crippen LogP contribution in [0, 0.1) is 0 Å². The van der Waals surface area contributed by atoms with Crippen molar-refractivity contribution in [2.75, 3.05) is 7.11 Å². The van der Waals surface area contributed by atoms with Crippen LogP contribution >= 0.6 is 23.1 Å². The molecular formula is C23H20N2O3S2. The van der Waals surface area contributed by atoms with Crippen LogP contribution in [0.4, 0.5) is 0 Å². The van der Waals surface area contributed by atoms with E-state index in [1.54, 1.807) is 37.8 Å². The lowest BCUT2D eigenvalue weighted by molar-refractivity contribution is 0.101. The molecule has 0 aliphatic rings. The third-order valence-corrected chi connectivity index (χ3v) is 6.85. The minimum absolute atomic E-state index is 0.00266. The predicted molar refractivity (Wildman–Crippen MR) is 123 cm³/mol. The molecule has 0 spiro atoms. The largest absolute Gasteiger partial charge is 0.496 e. The summed E-state index contributed by atoms with van der Waals surface area (Å²) in [6.07, 6.45) is 0. The van der Waals surface area contributed by atoms with E-state index in [0.717, 1.165) is 21.5 Å². The van der Waals surface area contributed by atoms with E-state index >= 15 is 0 Å².